The van der Waals surface area contributed by atoms with Gasteiger partial charge in [0.2, 0.25) is 0 Å². The van der Waals surface area contributed by atoms with Crippen LogP contribution in [0.1, 0.15) is 49.1 Å². The number of urea groups is 1. The molecule has 6 nitrogen and oxygen atoms in total. The molecule has 1 aliphatic carbocycles. The molecule has 0 fully saturated rings. The Bertz CT molecular complexity index is 742. The highest BCUT2D eigenvalue weighted by molar-refractivity contribution is 5.88. The largest absolute Gasteiger partial charge is 0.466 e. The van der Waals surface area contributed by atoms with Gasteiger partial charge in [0.1, 0.15) is 17.3 Å². The number of hydrogen-bond donors (Lipinski definition) is 2. The predicted molar refractivity (Wildman–Crippen MR) is 88.4 cm³/mol. The number of carbonyl (C=O) groups is 1. The molecule has 2 N–H and O–H groups in total. The topological polar surface area (TPSA) is 72.1 Å². The van der Waals surface area contributed by atoms with E-state index in [-0.39, 0.29) is 17.5 Å². The summed E-state index contributed by atoms with van der Waals surface area (Å²) in [4.78, 5) is 12.4. The average molecular weight is 316 g/mol. The fourth-order valence-corrected chi connectivity index (χ4v) is 3.35. The zero-order valence-electron chi connectivity index (χ0n) is 14.4. The highest BCUT2D eigenvalue weighted by atomic mass is 16.3. The summed E-state index contributed by atoms with van der Waals surface area (Å²) in [6.45, 7) is 8.24. The molecule has 0 saturated carbocycles. The molecule has 0 aliphatic heterocycles. The minimum Gasteiger partial charge on any atom is -0.466 e. The fraction of sp³-hybridized carbons (Fsp3) is 0.529. The lowest BCUT2D eigenvalue weighted by molar-refractivity contribution is 0.222. The molecule has 0 aromatic carbocycles. The first-order chi connectivity index (χ1) is 10.7. The Morgan fingerprint density at radius 1 is 1.39 bits per heavy atom. The maximum absolute atomic E-state index is 12.4. The Labute approximate surface area is 136 Å². The third-order valence-corrected chi connectivity index (χ3v) is 4.29. The molecule has 6 heteroatoms. The first kappa shape index (κ1) is 15.6. The van der Waals surface area contributed by atoms with Crippen LogP contribution in [0.3, 0.4) is 0 Å². The number of rotatable bonds is 2. The molecule has 1 aliphatic rings. The Balaban J connectivity index is 1.76. The maximum atomic E-state index is 12.4. The highest BCUT2D eigenvalue weighted by Crippen LogP contribution is 2.42. The third-order valence-electron chi connectivity index (χ3n) is 4.29. The number of aryl methyl sites for hydroxylation is 3. The Morgan fingerprint density at radius 2 is 2.13 bits per heavy atom. The van der Waals surface area contributed by atoms with Gasteiger partial charge in [-0.05, 0) is 31.7 Å². The summed E-state index contributed by atoms with van der Waals surface area (Å²) in [5.74, 6) is 2.56. The van der Waals surface area contributed by atoms with Gasteiger partial charge >= 0.3 is 6.03 Å². The standard InChI is InChI=1S/C17H24N4O2/c1-10-6-15(21(5)20-10)19-16(22)18-13-8-17(3,4)9-14-12(13)7-11(2)23-14/h6-7,13H,8-9H2,1-5H3,(H2,18,19,22)/t13-/m0/s1. The van der Waals surface area contributed by atoms with Gasteiger partial charge in [0.15, 0.2) is 0 Å². The van der Waals surface area contributed by atoms with Crippen molar-refractivity contribution in [2.24, 2.45) is 12.5 Å². The van der Waals surface area contributed by atoms with Crippen LogP contribution < -0.4 is 10.6 Å². The Morgan fingerprint density at radius 3 is 2.78 bits per heavy atom. The van der Waals surface area contributed by atoms with Crippen molar-refractivity contribution < 1.29 is 9.21 Å². The number of fused-ring (bicyclic) bond motifs is 1. The molecule has 2 aromatic rings. The average Bonchev–Trinajstić information content (AvgIpc) is 2.90. The van der Waals surface area contributed by atoms with Gasteiger partial charge in [-0.2, -0.15) is 5.10 Å². The van der Waals surface area contributed by atoms with Crippen LogP contribution in [0.4, 0.5) is 10.6 Å². The second-order valence-electron chi connectivity index (χ2n) is 7.23. The number of aromatic nitrogens is 2. The molecule has 23 heavy (non-hydrogen) atoms. The third kappa shape index (κ3) is 3.25. The van der Waals surface area contributed by atoms with Crippen molar-refractivity contribution in [3.8, 4) is 0 Å². The lowest BCUT2D eigenvalue weighted by atomic mass is 9.75. The molecule has 0 unspecified atom stereocenters. The van der Waals surface area contributed by atoms with Crippen LogP contribution in [0.5, 0.6) is 0 Å². The number of nitrogens with one attached hydrogen (secondary N) is 2. The van der Waals surface area contributed by atoms with Crippen LogP contribution in [0.25, 0.3) is 0 Å². The highest BCUT2D eigenvalue weighted by Gasteiger charge is 2.35. The van der Waals surface area contributed by atoms with Gasteiger partial charge in [-0.15, -0.1) is 0 Å². The van der Waals surface area contributed by atoms with Crippen molar-refractivity contribution in [3.05, 3.63) is 34.9 Å². The lowest BCUT2D eigenvalue weighted by Crippen LogP contribution is -2.38. The molecular formula is C17H24N4O2. The molecule has 0 bridgehead atoms. The van der Waals surface area contributed by atoms with E-state index >= 15 is 0 Å². The zero-order chi connectivity index (χ0) is 16.8. The number of nitrogens with zero attached hydrogens (tertiary/aromatic N) is 2. The minimum atomic E-state index is -0.222. The van der Waals surface area contributed by atoms with Gasteiger partial charge in [0.25, 0.3) is 0 Å². The maximum Gasteiger partial charge on any atom is 0.320 e. The summed E-state index contributed by atoms with van der Waals surface area (Å²) in [7, 11) is 1.81. The van der Waals surface area contributed by atoms with E-state index in [1.807, 2.05) is 33.0 Å². The van der Waals surface area contributed by atoms with Gasteiger partial charge in [0.05, 0.1) is 11.7 Å². The van der Waals surface area contributed by atoms with E-state index in [1.165, 1.54) is 0 Å². The molecular weight excluding hydrogens is 292 g/mol. The van der Waals surface area contributed by atoms with Gasteiger partial charge in [0, 0.05) is 25.1 Å². The summed E-state index contributed by atoms with van der Waals surface area (Å²) in [6, 6.07) is 3.61. The summed E-state index contributed by atoms with van der Waals surface area (Å²) in [5, 5.41) is 10.2. The van der Waals surface area contributed by atoms with Gasteiger partial charge in [-0.3, -0.25) is 10.00 Å². The molecule has 0 saturated heterocycles. The number of amides is 2. The lowest BCUT2D eigenvalue weighted by Gasteiger charge is -2.34. The first-order valence-corrected chi connectivity index (χ1v) is 7.91. The summed E-state index contributed by atoms with van der Waals surface area (Å²) in [5.41, 5.74) is 2.06. The van der Waals surface area contributed by atoms with Crippen LogP contribution >= 0.6 is 0 Å². The van der Waals surface area contributed by atoms with Crippen molar-refractivity contribution in [2.75, 3.05) is 5.32 Å². The molecule has 2 aromatic heterocycles. The van der Waals surface area contributed by atoms with Gasteiger partial charge in [-0.1, -0.05) is 13.8 Å². The molecule has 0 radical (unpaired) electrons. The van der Waals surface area contributed by atoms with Crippen LogP contribution in [-0.4, -0.2) is 15.8 Å². The van der Waals surface area contributed by atoms with Crippen molar-refractivity contribution in [1.82, 2.24) is 15.1 Å². The number of anilines is 1. The number of hydrogen-bond acceptors (Lipinski definition) is 3. The van der Waals surface area contributed by atoms with Gasteiger partial charge < -0.3 is 9.73 Å². The normalized spacial score (nSPS) is 19.3. The monoisotopic (exact) mass is 316 g/mol. The summed E-state index contributed by atoms with van der Waals surface area (Å²) < 4.78 is 7.47. The van der Waals surface area contributed by atoms with E-state index in [0.29, 0.717) is 5.82 Å². The van der Waals surface area contributed by atoms with E-state index in [9.17, 15) is 4.79 Å². The molecule has 1 atom stereocenters. The fourth-order valence-electron chi connectivity index (χ4n) is 3.35. The van der Waals surface area contributed by atoms with E-state index in [2.05, 4.69) is 29.6 Å². The van der Waals surface area contributed by atoms with E-state index < -0.39 is 0 Å². The number of carbonyl (C=O) groups excluding carboxylic acids is 1. The van der Waals surface area contributed by atoms with Crippen LogP contribution in [-0.2, 0) is 13.5 Å². The molecule has 0 spiro atoms. The van der Waals surface area contributed by atoms with Crippen LogP contribution in [0, 0.1) is 19.3 Å². The van der Waals surface area contributed by atoms with Crippen molar-refractivity contribution in [2.45, 2.75) is 46.6 Å². The SMILES string of the molecule is Cc1cc(NC(=O)N[C@H]2CC(C)(C)Cc3oc(C)cc32)n(C)n1. The Kier molecular flexibility index (Phi) is 3.70. The van der Waals surface area contributed by atoms with E-state index in [4.69, 9.17) is 4.42 Å². The second kappa shape index (κ2) is 5.44. The summed E-state index contributed by atoms with van der Waals surface area (Å²) >= 11 is 0. The molecule has 2 heterocycles. The van der Waals surface area contributed by atoms with Gasteiger partial charge in [-0.25, -0.2) is 4.79 Å². The zero-order valence-corrected chi connectivity index (χ0v) is 14.4. The van der Waals surface area contributed by atoms with Crippen LogP contribution in [0.15, 0.2) is 16.5 Å². The predicted octanol–water partition coefficient (Wildman–Crippen LogP) is 3.47. The smallest absolute Gasteiger partial charge is 0.320 e. The molecule has 124 valence electrons. The minimum absolute atomic E-state index is 0.0412. The van der Waals surface area contributed by atoms with Crippen molar-refractivity contribution >= 4 is 11.8 Å². The van der Waals surface area contributed by atoms with E-state index in [1.54, 1.807) is 4.68 Å². The molecule has 3 rings (SSSR count). The van der Waals surface area contributed by atoms with Crippen LogP contribution in [0.2, 0.25) is 0 Å². The second-order valence-corrected chi connectivity index (χ2v) is 7.23. The number of furan rings is 1. The molecule has 2 amide bonds. The quantitative estimate of drug-likeness (QED) is 0.891. The summed E-state index contributed by atoms with van der Waals surface area (Å²) in [6.07, 6.45) is 1.79. The van der Waals surface area contributed by atoms with Crippen molar-refractivity contribution in [3.63, 3.8) is 0 Å². The first-order valence-electron chi connectivity index (χ1n) is 7.91. The van der Waals surface area contributed by atoms with E-state index in [0.717, 1.165) is 35.6 Å². The Hall–Kier alpha value is -2.24. The van der Waals surface area contributed by atoms with Crippen molar-refractivity contribution in [1.29, 1.82) is 0 Å².